The van der Waals surface area contributed by atoms with Gasteiger partial charge in [-0.15, -0.1) is 0 Å². The molecule has 4 rings (SSSR count). The third-order valence-electron chi connectivity index (χ3n) is 4.83. The van der Waals surface area contributed by atoms with Crippen molar-refractivity contribution in [1.29, 1.82) is 0 Å². The lowest BCUT2D eigenvalue weighted by Gasteiger charge is -2.08. The second-order valence-electron chi connectivity index (χ2n) is 7.15. The summed E-state index contributed by atoms with van der Waals surface area (Å²) in [5, 5.41) is 10.0. The van der Waals surface area contributed by atoms with Crippen LogP contribution in [-0.2, 0) is 6.54 Å². The molecule has 0 aliphatic heterocycles. The summed E-state index contributed by atoms with van der Waals surface area (Å²) in [7, 11) is 0. The Morgan fingerprint density at radius 1 is 1.00 bits per heavy atom. The molecule has 0 spiro atoms. The summed E-state index contributed by atoms with van der Waals surface area (Å²) in [4.78, 5) is 24.8. The number of carbonyl (C=O) groups excluding carboxylic acids is 1. The van der Waals surface area contributed by atoms with Gasteiger partial charge in [0.25, 0.3) is 0 Å². The quantitative estimate of drug-likeness (QED) is 0.533. The van der Waals surface area contributed by atoms with E-state index in [1.807, 2.05) is 60.7 Å². The molecule has 1 fully saturated rings. The van der Waals surface area contributed by atoms with E-state index in [0.29, 0.717) is 32.2 Å². The Labute approximate surface area is 174 Å². The average Bonchev–Trinajstić information content (AvgIpc) is 3.57. The Balaban J connectivity index is 1.27. The first kappa shape index (κ1) is 19.8. The molecule has 0 atom stereocenters. The van der Waals surface area contributed by atoms with Crippen LogP contribution in [0.3, 0.4) is 0 Å². The lowest BCUT2D eigenvalue weighted by molar-refractivity contribution is 0.236. The second kappa shape index (κ2) is 9.30. The molecule has 2 aromatic carbocycles. The first-order valence-electron chi connectivity index (χ1n) is 10.2. The van der Waals surface area contributed by atoms with Gasteiger partial charge in [0.1, 0.15) is 18.2 Å². The van der Waals surface area contributed by atoms with Gasteiger partial charge in [-0.2, -0.15) is 5.10 Å². The summed E-state index contributed by atoms with van der Waals surface area (Å²) in [5.41, 5.74) is 0.640. The summed E-state index contributed by atoms with van der Waals surface area (Å²) >= 11 is 0. The molecule has 8 nitrogen and oxygen atoms in total. The molecule has 0 unspecified atom stereocenters. The molecule has 30 heavy (non-hydrogen) atoms. The molecule has 1 aliphatic rings. The first-order chi connectivity index (χ1) is 14.7. The molecule has 8 heteroatoms. The highest BCUT2D eigenvalue weighted by Crippen LogP contribution is 2.39. The predicted molar refractivity (Wildman–Crippen MR) is 113 cm³/mol. The number of carbonyl (C=O) groups is 1. The molecule has 1 heterocycles. The van der Waals surface area contributed by atoms with Gasteiger partial charge in [-0.25, -0.2) is 18.8 Å². The van der Waals surface area contributed by atoms with Crippen molar-refractivity contribution in [2.24, 2.45) is 0 Å². The molecule has 2 N–H and O–H groups in total. The third kappa shape index (κ3) is 4.89. The number of hydrogen-bond donors (Lipinski definition) is 2. The predicted octanol–water partition coefficient (Wildman–Crippen LogP) is 2.29. The Hall–Kier alpha value is -3.55. The minimum atomic E-state index is -0.301. The van der Waals surface area contributed by atoms with Crippen molar-refractivity contribution < 1.29 is 9.53 Å². The van der Waals surface area contributed by atoms with E-state index in [1.165, 1.54) is 4.68 Å². The van der Waals surface area contributed by atoms with Crippen molar-refractivity contribution in [3.63, 3.8) is 0 Å². The van der Waals surface area contributed by atoms with Gasteiger partial charge in [-0.05, 0) is 37.1 Å². The SMILES string of the molecule is O=C(NCCOc1ccccc1)NCCn1nc(C2CC2)n(-c2ccccc2)c1=O. The highest BCUT2D eigenvalue weighted by Gasteiger charge is 2.31. The van der Waals surface area contributed by atoms with Crippen LogP contribution >= 0.6 is 0 Å². The molecule has 0 bridgehead atoms. The fourth-order valence-electron chi connectivity index (χ4n) is 3.18. The van der Waals surface area contributed by atoms with Crippen molar-refractivity contribution in [1.82, 2.24) is 25.0 Å². The summed E-state index contributed by atoms with van der Waals surface area (Å²) in [5.74, 6) is 1.90. The number of urea groups is 1. The van der Waals surface area contributed by atoms with Crippen molar-refractivity contribution >= 4 is 6.03 Å². The van der Waals surface area contributed by atoms with E-state index in [9.17, 15) is 9.59 Å². The van der Waals surface area contributed by atoms with Gasteiger partial charge in [0.05, 0.1) is 18.8 Å². The fourth-order valence-corrected chi connectivity index (χ4v) is 3.18. The largest absolute Gasteiger partial charge is 0.492 e. The number of nitrogens with one attached hydrogen (secondary N) is 2. The Morgan fingerprint density at radius 3 is 2.37 bits per heavy atom. The van der Waals surface area contributed by atoms with Crippen LogP contribution in [0.1, 0.15) is 24.6 Å². The van der Waals surface area contributed by atoms with Crippen LogP contribution in [0.2, 0.25) is 0 Å². The summed E-state index contributed by atoms with van der Waals surface area (Å²) in [6, 6.07) is 18.7. The maximum Gasteiger partial charge on any atom is 0.350 e. The van der Waals surface area contributed by atoms with Gasteiger partial charge in [-0.3, -0.25) is 0 Å². The summed E-state index contributed by atoms with van der Waals surface area (Å²) < 4.78 is 8.64. The number of benzene rings is 2. The van der Waals surface area contributed by atoms with E-state index in [1.54, 1.807) is 4.57 Å². The van der Waals surface area contributed by atoms with Gasteiger partial charge >= 0.3 is 11.7 Å². The number of amides is 2. The van der Waals surface area contributed by atoms with Gasteiger partial charge in [-0.1, -0.05) is 36.4 Å². The van der Waals surface area contributed by atoms with Crippen molar-refractivity contribution in [3.05, 3.63) is 77.0 Å². The zero-order valence-corrected chi connectivity index (χ0v) is 16.7. The standard InChI is InChI=1S/C22H25N5O3/c28-21(24-14-16-30-19-9-5-2-6-10-19)23-13-15-26-22(29)27(18-7-3-1-4-8-18)20(25-26)17-11-12-17/h1-10,17H,11-16H2,(H2,23,24,28). The van der Waals surface area contributed by atoms with Crippen LogP contribution in [0.25, 0.3) is 5.69 Å². The first-order valence-corrected chi connectivity index (χ1v) is 10.2. The van der Waals surface area contributed by atoms with Crippen molar-refractivity contribution in [2.45, 2.75) is 25.3 Å². The molecule has 1 aromatic heterocycles. The Morgan fingerprint density at radius 2 is 1.67 bits per heavy atom. The minimum Gasteiger partial charge on any atom is -0.492 e. The highest BCUT2D eigenvalue weighted by molar-refractivity contribution is 5.73. The van der Waals surface area contributed by atoms with E-state index in [4.69, 9.17) is 4.74 Å². The van der Waals surface area contributed by atoms with Gasteiger partial charge in [0, 0.05) is 12.5 Å². The fraction of sp³-hybridized carbons (Fsp3) is 0.318. The molecular formula is C22H25N5O3. The number of ether oxygens (including phenoxy) is 1. The normalized spacial score (nSPS) is 13.1. The maximum absolute atomic E-state index is 12.9. The molecular weight excluding hydrogens is 382 g/mol. The number of rotatable bonds is 9. The molecule has 0 saturated heterocycles. The van der Waals surface area contributed by atoms with Crippen LogP contribution in [0.4, 0.5) is 4.79 Å². The molecule has 3 aromatic rings. The number of nitrogens with zero attached hydrogens (tertiary/aromatic N) is 3. The van der Waals surface area contributed by atoms with Crippen molar-refractivity contribution in [3.8, 4) is 11.4 Å². The van der Waals surface area contributed by atoms with Crippen LogP contribution < -0.4 is 21.1 Å². The van der Waals surface area contributed by atoms with Crippen LogP contribution in [0.15, 0.2) is 65.5 Å². The highest BCUT2D eigenvalue weighted by atomic mass is 16.5. The minimum absolute atomic E-state index is 0.179. The molecule has 156 valence electrons. The smallest absolute Gasteiger partial charge is 0.350 e. The number of aromatic nitrogens is 3. The number of hydrogen-bond acceptors (Lipinski definition) is 4. The average molecular weight is 407 g/mol. The molecule has 0 radical (unpaired) electrons. The topological polar surface area (TPSA) is 90.2 Å². The van der Waals surface area contributed by atoms with Crippen molar-refractivity contribution in [2.75, 3.05) is 19.7 Å². The van der Waals surface area contributed by atoms with Crippen LogP contribution in [0, 0.1) is 0 Å². The summed E-state index contributed by atoms with van der Waals surface area (Å²) in [6.45, 7) is 1.38. The van der Waals surface area contributed by atoms with E-state index in [0.717, 1.165) is 30.1 Å². The molecule has 2 amide bonds. The lowest BCUT2D eigenvalue weighted by Crippen LogP contribution is -2.40. The van der Waals surface area contributed by atoms with E-state index < -0.39 is 0 Å². The van der Waals surface area contributed by atoms with Gasteiger partial charge < -0.3 is 15.4 Å². The maximum atomic E-state index is 12.9. The van der Waals surface area contributed by atoms with Crippen LogP contribution in [0.5, 0.6) is 5.75 Å². The van der Waals surface area contributed by atoms with Crippen LogP contribution in [-0.4, -0.2) is 40.1 Å². The zero-order valence-electron chi connectivity index (χ0n) is 16.7. The number of para-hydroxylation sites is 2. The second-order valence-corrected chi connectivity index (χ2v) is 7.15. The van der Waals surface area contributed by atoms with E-state index in [-0.39, 0.29) is 11.7 Å². The molecule has 1 aliphatic carbocycles. The van der Waals surface area contributed by atoms with E-state index >= 15 is 0 Å². The lowest BCUT2D eigenvalue weighted by atomic mass is 10.3. The summed E-state index contributed by atoms with van der Waals surface area (Å²) in [6.07, 6.45) is 2.10. The zero-order chi connectivity index (χ0) is 20.8. The third-order valence-corrected chi connectivity index (χ3v) is 4.83. The molecule has 1 saturated carbocycles. The van der Waals surface area contributed by atoms with Gasteiger partial charge in [0.15, 0.2) is 0 Å². The Kier molecular flexibility index (Phi) is 6.12. The monoisotopic (exact) mass is 407 g/mol. The van der Waals surface area contributed by atoms with Gasteiger partial charge in [0.2, 0.25) is 0 Å². The van der Waals surface area contributed by atoms with E-state index in [2.05, 4.69) is 15.7 Å². The Bertz CT molecular complexity index is 1030.